The van der Waals surface area contributed by atoms with Gasteiger partial charge < -0.3 is 10.7 Å². The van der Waals surface area contributed by atoms with Gasteiger partial charge in [0.05, 0.1) is 18.1 Å². The molecule has 1 aromatic rings. The van der Waals surface area contributed by atoms with Crippen LogP contribution in [0.5, 0.6) is 0 Å². The SMILES string of the molecule is CC(C)C(N)=NCc1csc(=O)[nH]1. The summed E-state index contributed by atoms with van der Waals surface area (Å²) in [7, 11) is 0. The number of H-pyrrole nitrogens is 1. The maximum Gasteiger partial charge on any atom is 0.304 e. The Labute approximate surface area is 80.5 Å². The number of nitrogens with two attached hydrogens (primary N) is 1. The number of rotatable bonds is 3. The van der Waals surface area contributed by atoms with Crippen molar-refractivity contribution in [3.63, 3.8) is 0 Å². The van der Waals surface area contributed by atoms with E-state index < -0.39 is 0 Å². The molecule has 0 atom stereocenters. The van der Waals surface area contributed by atoms with E-state index >= 15 is 0 Å². The van der Waals surface area contributed by atoms with E-state index in [1.807, 2.05) is 13.8 Å². The van der Waals surface area contributed by atoms with Crippen molar-refractivity contribution in [3.8, 4) is 0 Å². The van der Waals surface area contributed by atoms with Crippen molar-refractivity contribution in [3.05, 3.63) is 20.7 Å². The summed E-state index contributed by atoms with van der Waals surface area (Å²) in [5.41, 5.74) is 6.45. The fourth-order valence-electron chi connectivity index (χ4n) is 0.750. The standard InChI is InChI=1S/C8H13N3OS/c1-5(2)7(9)10-3-6-4-13-8(12)11-6/h4-5H,3H2,1-2H3,(H2,9,10)(H,11,12). The molecule has 0 unspecified atom stereocenters. The van der Waals surface area contributed by atoms with Crippen molar-refractivity contribution in [2.45, 2.75) is 20.4 Å². The van der Waals surface area contributed by atoms with E-state index in [9.17, 15) is 4.79 Å². The van der Waals surface area contributed by atoms with Gasteiger partial charge in [-0.1, -0.05) is 25.2 Å². The minimum atomic E-state index is -0.0479. The van der Waals surface area contributed by atoms with Crippen molar-refractivity contribution < 1.29 is 0 Å². The number of aliphatic imine (C=N–C) groups is 1. The first-order valence-corrected chi connectivity index (χ1v) is 4.94. The van der Waals surface area contributed by atoms with Crippen LogP contribution in [0.4, 0.5) is 0 Å². The number of amidine groups is 1. The topological polar surface area (TPSA) is 71.2 Å². The molecule has 1 aromatic heterocycles. The van der Waals surface area contributed by atoms with E-state index in [1.165, 1.54) is 0 Å². The van der Waals surface area contributed by atoms with E-state index in [2.05, 4.69) is 9.98 Å². The largest absolute Gasteiger partial charge is 0.387 e. The molecule has 13 heavy (non-hydrogen) atoms. The van der Waals surface area contributed by atoms with Gasteiger partial charge in [-0.25, -0.2) is 0 Å². The zero-order valence-corrected chi connectivity index (χ0v) is 8.52. The number of nitrogens with zero attached hydrogens (tertiary/aromatic N) is 1. The van der Waals surface area contributed by atoms with Gasteiger partial charge in [-0.3, -0.25) is 9.79 Å². The molecule has 0 aliphatic carbocycles. The number of hydrogen-bond donors (Lipinski definition) is 2. The Balaban J connectivity index is 2.61. The van der Waals surface area contributed by atoms with Crippen LogP contribution in [-0.4, -0.2) is 10.8 Å². The maximum absolute atomic E-state index is 10.8. The number of nitrogens with one attached hydrogen (secondary N) is 1. The van der Waals surface area contributed by atoms with Gasteiger partial charge in [0, 0.05) is 11.3 Å². The third-order valence-electron chi connectivity index (χ3n) is 1.59. The zero-order valence-electron chi connectivity index (χ0n) is 7.70. The van der Waals surface area contributed by atoms with E-state index in [0.29, 0.717) is 12.4 Å². The Kier molecular flexibility index (Phi) is 3.25. The van der Waals surface area contributed by atoms with Crippen LogP contribution in [0.2, 0.25) is 0 Å². The molecule has 0 aliphatic rings. The molecule has 3 N–H and O–H groups in total. The Hall–Kier alpha value is -1.10. The molecule has 0 saturated heterocycles. The molecular formula is C8H13N3OS. The van der Waals surface area contributed by atoms with Crippen LogP contribution in [-0.2, 0) is 6.54 Å². The average Bonchev–Trinajstić information content (AvgIpc) is 2.47. The smallest absolute Gasteiger partial charge is 0.304 e. The molecule has 0 amide bonds. The minimum absolute atomic E-state index is 0.0479. The van der Waals surface area contributed by atoms with E-state index in [4.69, 9.17) is 5.73 Å². The fraction of sp³-hybridized carbons (Fsp3) is 0.500. The Morgan fingerprint density at radius 1 is 1.77 bits per heavy atom. The van der Waals surface area contributed by atoms with Gasteiger partial charge in [-0.2, -0.15) is 0 Å². The molecular weight excluding hydrogens is 186 g/mol. The number of hydrogen-bond acceptors (Lipinski definition) is 3. The van der Waals surface area contributed by atoms with Crippen LogP contribution in [0, 0.1) is 5.92 Å². The zero-order chi connectivity index (χ0) is 9.84. The Bertz CT molecular complexity index is 350. The quantitative estimate of drug-likeness (QED) is 0.562. The summed E-state index contributed by atoms with van der Waals surface area (Å²) >= 11 is 1.14. The molecule has 0 spiro atoms. The first kappa shape index (κ1) is 9.98. The van der Waals surface area contributed by atoms with Crippen molar-refractivity contribution >= 4 is 17.2 Å². The molecule has 0 radical (unpaired) electrons. The highest BCUT2D eigenvalue weighted by Gasteiger charge is 1.99. The molecule has 0 fully saturated rings. The van der Waals surface area contributed by atoms with Gasteiger partial charge >= 0.3 is 4.87 Å². The first-order chi connectivity index (χ1) is 6.09. The van der Waals surface area contributed by atoms with E-state index in [1.54, 1.807) is 5.38 Å². The second kappa shape index (κ2) is 4.23. The van der Waals surface area contributed by atoms with Crippen molar-refractivity contribution in [1.82, 2.24) is 4.98 Å². The number of aromatic nitrogens is 1. The molecule has 0 bridgehead atoms. The van der Waals surface area contributed by atoms with Crippen molar-refractivity contribution in [2.24, 2.45) is 16.6 Å². The lowest BCUT2D eigenvalue weighted by molar-refractivity contribution is 0.850. The molecule has 0 saturated carbocycles. The van der Waals surface area contributed by atoms with Gasteiger partial charge in [0.1, 0.15) is 0 Å². The monoisotopic (exact) mass is 199 g/mol. The van der Waals surface area contributed by atoms with Gasteiger partial charge in [0.25, 0.3) is 0 Å². The molecule has 1 rings (SSSR count). The van der Waals surface area contributed by atoms with Gasteiger partial charge in [0.2, 0.25) is 0 Å². The highest BCUT2D eigenvalue weighted by atomic mass is 32.1. The van der Waals surface area contributed by atoms with Crippen molar-refractivity contribution in [2.75, 3.05) is 0 Å². The summed E-state index contributed by atoms with van der Waals surface area (Å²) in [4.78, 5) is 17.5. The normalized spacial score (nSPS) is 12.4. The van der Waals surface area contributed by atoms with Crippen molar-refractivity contribution in [1.29, 1.82) is 0 Å². The number of aromatic amines is 1. The summed E-state index contributed by atoms with van der Waals surface area (Å²) in [6, 6.07) is 0. The lowest BCUT2D eigenvalue weighted by Crippen LogP contribution is -2.18. The van der Waals surface area contributed by atoms with Crippen LogP contribution in [0.25, 0.3) is 0 Å². The fourth-order valence-corrected chi connectivity index (χ4v) is 1.32. The van der Waals surface area contributed by atoms with Crippen LogP contribution < -0.4 is 10.6 Å². The summed E-state index contributed by atoms with van der Waals surface area (Å²) in [6.45, 7) is 4.42. The maximum atomic E-state index is 10.8. The van der Waals surface area contributed by atoms with Gasteiger partial charge in [0.15, 0.2) is 0 Å². The third-order valence-corrected chi connectivity index (χ3v) is 2.31. The third kappa shape index (κ3) is 3.02. The summed E-state index contributed by atoms with van der Waals surface area (Å²) < 4.78 is 0. The molecule has 1 heterocycles. The van der Waals surface area contributed by atoms with Gasteiger partial charge in [-0.05, 0) is 0 Å². The molecule has 0 aromatic carbocycles. The van der Waals surface area contributed by atoms with E-state index in [-0.39, 0.29) is 10.8 Å². The highest BCUT2D eigenvalue weighted by molar-refractivity contribution is 7.07. The average molecular weight is 199 g/mol. The second-order valence-electron chi connectivity index (χ2n) is 3.07. The molecule has 72 valence electrons. The second-order valence-corrected chi connectivity index (χ2v) is 3.91. The molecule has 4 nitrogen and oxygen atoms in total. The summed E-state index contributed by atoms with van der Waals surface area (Å²) in [6.07, 6.45) is 0. The van der Waals surface area contributed by atoms with Crippen LogP contribution in [0.15, 0.2) is 15.2 Å². The molecule has 0 aliphatic heterocycles. The van der Waals surface area contributed by atoms with Gasteiger partial charge in [-0.15, -0.1) is 0 Å². The predicted molar refractivity (Wildman–Crippen MR) is 55.1 cm³/mol. The lowest BCUT2D eigenvalue weighted by atomic mass is 10.2. The minimum Gasteiger partial charge on any atom is -0.387 e. The Morgan fingerprint density at radius 3 is 2.92 bits per heavy atom. The number of thiazole rings is 1. The van der Waals surface area contributed by atoms with E-state index in [0.717, 1.165) is 17.0 Å². The first-order valence-electron chi connectivity index (χ1n) is 4.06. The van der Waals surface area contributed by atoms with Crippen LogP contribution >= 0.6 is 11.3 Å². The summed E-state index contributed by atoms with van der Waals surface area (Å²) in [5.74, 6) is 0.873. The highest BCUT2D eigenvalue weighted by Crippen LogP contribution is 1.99. The molecule has 5 heteroatoms. The van der Waals surface area contributed by atoms with Crippen LogP contribution in [0.3, 0.4) is 0 Å². The predicted octanol–water partition coefficient (Wildman–Crippen LogP) is 0.950. The Morgan fingerprint density at radius 2 is 2.46 bits per heavy atom. The van der Waals surface area contributed by atoms with Crippen LogP contribution in [0.1, 0.15) is 19.5 Å². The lowest BCUT2D eigenvalue weighted by Gasteiger charge is -2.02. The summed E-state index contributed by atoms with van der Waals surface area (Å²) in [5, 5.41) is 1.76.